The molecule has 0 fully saturated rings. The first-order valence-electron chi connectivity index (χ1n) is 10.7. The molecule has 168 valence electrons. The standard InChI is InChI=1S/C22H29BrN4O3S/c1-5-10-29-17-9-8-15(23)13-16(17)19-18(20(28)30-11-6-2)14(4)24-21-25-22(26-27(19)21)31-12-7-3/h8-9,13,19H,5-7,10-12H2,1-4H3,(H,24,25,26). The predicted molar refractivity (Wildman–Crippen MR) is 127 cm³/mol. The first-order chi connectivity index (χ1) is 15.0. The Morgan fingerprint density at radius 1 is 1.23 bits per heavy atom. The molecular weight excluding hydrogens is 480 g/mol. The van der Waals surface area contributed by atoms with Crippen molar-refractivity contribution in [2.24, 2.45) is 0 Å². The van der Waals surface area contributed by atoms with E-state index in [2.05, 4.69) is 40.1 Å². The van der Waals surface area contributed by atoms with Gasteiger partial charge in [0.15, 0.2) is 0 Å². The van der Waals surface area contributed by atoms with Crippen molar-refractivity contribution >= 4 is 39.6 Å². The highest BCUT2D eigenvalue weighted by Crippen LogP contribution is 2.41. The quantitative estimate of drug-likeness (QED) is 0.331. The van der Waals surface area contributed by atoms with E-state index in [9.17, 15) is 4.79 Å². The zero-order valence-electron chi connectivity index (χ0n) is 18.4. The average Bonchev–Trinajstić information content (AvgIpc) is 3.16. The molecule has 0 saturated heterocycles. The number of nitrogens with zero attached hydrogens (tertiary/aromatic N) is 3. The van der Waals surface area contributed by atoms with Gasteiger partial charge in [0.05, 0.1) is 18.8 Å². The van der Waals surface area contributed by atoms with Gasteiger partial charge in [-0.1, -0.05) is 48.5 Å². The normalized spacial score (nSPS) is 15.5. The molecular formula is C22H29BrN4O3S. The van der Waals surface area contributed by atoms with Crippen LogP contribution in [-0.2, 0) is 9.53 Å². The molecule has 1 aromatic carbocycles. The number of fused-ring (bicyclic) bond motifs is 1. The summed E-state index contributed by atoms with van der Waals surface area (Å²) in [6.07, 6.45) is 2.66. The lowest BCUT2D eigenvalue weighted by Crippen LogP contribution is -2.30. The van der Waals surface area contributed by atoms with Crippen LogP contribution in [0.15, 0.2) is 39.1 Å². The van der Waals surface area contributed by atoms with Crippen LogP contribution in [0.25, 0.3) is 0 Å². The van der Waals surface area contributed by atoms with E-state index in [-0.39, 0.29) is 5.97 Å². The number of aromatic nitrogens is 3. The van der Waals surface area contributed by atoms with Gasteiger partial charge >= 0.3 is 5.97 Å². The molecule has 1 unspecified atom stereocenters. The lowest BCUT2D eigenvalue weighted by atomic mass is 9.95. The monoisotopic (exact) mass is 508 g/mol. The number of thioether (sulfide) groups is 1. The van der Waals surface area contributed by atoms with E-state index < -0.39 is 6.04 Å². The van der Waals surface area contributed by atoms with Gasteiger partial charge < -0.3 is 14.8 Å². The zero-order valence-corrected chi connectivity index (χ0v) is 20.8. The number of halogens is 1. The van der Waals surface area contributed by atoms with Crippen LogP contribution < -0.4 is 10.1 Å². The van der Waals surface area contributed by atoms with Gasteiger partial charge in [0.1, 0.15) is 11.8 Å². The Bertz CT molecular complexity index is 960. The van der Waals surface area contributed by atoms with Crippen LogP contribution >= 0.6 is 27.7 Å². The van der Waals surface area contributed by atoms with Gasteiger partial charge in [0.2, 0.25) is 11.1 Å². The van der Waals surface area contributed by atoms with E-state index in [0.717, 1.165) is 40.8 Å². The van der Waals surface area contributed by atoms with Crippen LogP contribution in [0.5, 0.6) is 5.75 Å². The Morgan fingerprint density at radius 3 is 2.71 bits per heavy atom. The summed E-state index contributed by atoms with van der Waals surface area (Å²) in [6.45, 7) is 8.98. The summed E-state index contributed by atoms with van der Waals surface area (Å²) >= 11 is 5.17. The third kappa shape index (κ3) is 5.44. The molecule has 0 saturated carbocycles. The number of nitrogens with one attached hydrogen (secondary N) is 1. The van der Waals surface area contributed by atoms with E-state index in [1.54, 1.807) is 16.4 Å². The Balaban J connectivity index is 2.14. The number of carbonyl (C=O) groups is 1. The first kappa shape index (κ1) is 23.7. The Morgan fingerprint density at radius 2 is 2.00 bits per heavy atom. The minimum Gasteiger partial charge on any atom is -0.493 e. The van der Waals surface area contributed by atoms with E-state index in [1.165, 1.54) is 0 Å². The topological polar surface area (TPSA) is 78.3 Å². The smallest absolute Gasteiger partial charge is 0.338 e. The SMILES string of the molecule is CCCOC(=O)C1=C(C)Nc2nc(SCCC)nn2C1c1cc(Br)ccc1OCCC. The lowest BCUT2D eigenvalue weighted by Gasteiger charge is -2.29. The van der Waals surface area contributed by atoms with Crippen molar-refractivity contribution in [3.05, 3.63) is 39.5 Å². The van der Waals surface area contributed by atoms with E-state index in [1.807, 2.05) is 32.0 Å². The molecule has 0 spiro atoms. The lowest BCUT2D eigenvalue weighted by molar-refractivity contribution is -0.139. The summed E-state index contributed by atoms with van der Waals surface area (Å²) in [4.78, 5) is 17.8. The number of carbonyl (C=O) groups excluding carboxylic acids is 1. The van der Waals surface area contributed by atoms with Crippen molar-refractivity contribution in [2.45, 2.75) is 58.2 Å². The fourth-order valence-electron chi connectivity index (χ4n) is 3.29. The number of benzene rings is 1. The molecule has 0 radical (unpaired) electrons. The molecule has 7 nitrogen and oxygen atoms in total. The zero-order chi connectivity index (χ0) is 22.4. The summed E-state index contributed by atoms with van der Waals surface area (Å²) < 4.78 is 14.2. The number of esters is 1. The molecule has 1 atom stereocenters. The molecule has 2 aromatic rings. The minimum atomic E-state index is -0.506. The van der Waals surface area contributed by atoms with E-state index in [4.69, 9.17) is 14.6 Å². The van der Waals surface area contributed by atoms with Gasteiger partial charge in [0, 0.05) is 21.5 Å². The van der Waals surface area contributed by atoms with Crippen molar-refractivity contribution in [2.75, 3.05) is 24.3 Å². The Kier molecular flexibility index (Phi) is 8.43. The molecule has 1 aliphatic heterocycles. The van der Waals surface area contributed by atoms with Gasteiger partial charge in [-0.2, -0.15) is 4.98 Å². The maximum atomic E-state index is 13.1. The predicted octanol–water partition coefficient (Wildman–Crippen LogP) is 5.57. The number of ether oxygens (including phenoxy) is 2. The highest BCUT2D eigenvalue weighted by atomic mass is 79.9. The van der Waals surface area contributed by atoms with E-state index in [0.29, 0.717) is 35.6 Å². The van der Waals surface area contributed by atoms with Crippen LogP contribution in [0, 0.1) is 0 Å². The highest BCUT2D eigenvalue weighted by Gasteiger charge is 2.37. The molecule has 3 rings (SSSR count). The molecule has 0 amide bonds. The van der Waals surface area contributed by atoms with Crippen LogP contribution in [0.2, 0.25) is 0 Å². The number of rotatable bonds is 10. The minimum absolute atomic E-state index is 0.359. The van der Waals surface area contributed by atoms with E-state index >= 15 is 0 Å². The summed E-state index contributed by atoms with van der Waals surface area (Å²) in [5, 5.41) is 8.66. The summed E-state index contributed by atoms with van der Waals surface area (Å²) in [7, 11) is 0. The number of hydrogen-bond acceptors (Lipinski definition) is 7. The van der Waals surface area contributed by atoms with Gasteiger partial charge in [-0.25, -0.2) is 9.48 Å². The van der Waals surface area contributed by atoms with Crippen LogP contribution in [0.4, 0.5) is 5.95 Å². The first-order valence-corrected chi connectivity index (χ1v) is 12.4. The number of hydrogen-bond donors (Lipinski definition) is 1. The molecule has 0 aliphatic carbocycles. The highest BCUT2D eigenvalue weighted by molar-refractivity contribution is 9.10. The van der Waals surface area contributed by atoms with Gasteiger partial charge in [-0.05, 0) is 44.4 Å². The molecule has 31 heavy (non-hydrogen) atoms. The number of anilines is 1. The fourth-order valence-corrected chi connectivity index (χ4v) is 4.35. The molecule has 2 heterocycles. The summed E-state index contributed by atoms with van der Waals surface area (Å²) in [6, 6.07) is 5.33. The largest absolute Gasteiger partial charge is 0.493 e. The van der Waals surface area contributed by atoms with Gasteiger partial charge in [-0.3, -0.25) is 0 Å². The molecule has 9 heteroatoms. The van der Waals surface area contributed by atoms with Crippen LogP contribution in [0.1, 0.15) is 58.6 Å². The van der Waals surface area contributed by atoms with Crippen molar-refractivity contribution < 1.29 is 14.3 Å². The fraction of sp³-hybridized carbons (Fsp3) is 0.500. The maximum absolute atomic E-state index is 13.1. The second-order valence-corrected chi connectivity index (χ2v) is 9.22. The number of allylic oxidation sites excluding steroid dienone is 1. The second kappa shape index (κ2) is 11.0. The van der Waals surface area contributed by atoms with Crippen LogP contribution in [0.3, 0.4) is 0 Å². The average molecular weight is 509 g/mol. The molecule has 1 aliphatic rings. The third-order valence-corrected chi connectivity index (χ3v) is 6.19. The van der Waals surface area contributed by atoms with Crippen LogP contribution in [-0.4, -0.2) is 39.7 Å². The van der Waals surface area contributed by atoms with Crippen molar-refractivity contribution in [1.82, 2.24) is 14.8 Å². The van der Waals surface area contributed by atoms with Gasteiger partial charge in [-0.15, -0.1) is 5.10 Å². The van der Waals surface area contributed by atoms with Gasteiger partial charge in [0.25, 0.3) is 0 Å². The second-order valence-electron chi connectivity index (χ2n) is 7.24. The van der Waals surface area contributed by atoms with Crippen molar-refractivity contribution in [1.29, 1.82) is 0 Å². The van der Waals surface area contributed by atoms with Crippen molar-refractivity contribution in [3.8, 4) is 5.75 Å². The molecule has 0 bridgehead atoms. The Hall–Kier alpha value is -2.00. The Labute approximate surface area is 196 Å². The third-order valence-electron chi connectivity index (χ3n) is 4.65. The molecule has 1 aromatic heterocycles. The summed E-state index contributed by atoms with van der Waals surface area (Å²) in [5.41, 5.74) is 2.06. The van der Waals surface area contributed by atoms with Crippen molar-refractivity contribution in [3.63, 3.8) is 0 Å². The molecule has 1 N–H and O–H groups in total. The maximum Gasteiger partial charge on any atom is 0.338 e. The summed E-state index contributed by atoms with van der Waals surface area (Å²) in [5.74, 6) is 1.89.